The van der Waals surface area contributed by atoms with Gasteiger partial charge in [-0.05, 0) is 19.8 Å². The summed E-state index contributed by atoms with van der Waals surface area (Å²) in [5, 5.41) is 3.57. The Balaban J connectivity index is 1.72. The maximum Gasteiger partial charge on any atom is 0.219 e. The summed E-state index contributed by atoms with van der Waals surface area (Å²) in [6.45, 7) is 14.4. The van der Waals surface area contributed by atoms with Crippen LogP contribution in [0.1, 0.15) is 27.7 Å². The number of fused-ring (bicyclic) bond motifs is 1. The number of nitrogen functional groups attached to an aromatic ring is 1. The second-order valence-corrected chi connectivity index (χ2v) is 9.70. The molecule has 34 heavy (non-hydrogen) atoms. The Morgan fingerprint density at radius 3 is 2.56 bits per heavy atom. The van der Waals surface area contributed by atoms with Gasteiger partial charge < -0.3 is 25.6 Å². The summed E-state index contributed by atoms with van der Waals surface area (Å²) in [6.07, 6.45) is 3.35. The molecule has 2 aliphatic heterocycles. The highest BCUT2D eigenvalue weighted by molar-refractivity contribution is 5.88. The Hall–Kier alpha value is -3.05. The van der Waals surface area contributed by atoms with Crippen LogP contribution in [0.15, 0.2) is 12.4 Å². The molecule has 11 heteroatoms. The van der Waals surface area contributed by atoms with Crippen molar-refractivity contribution in [1.82, 2.24) is 34.8 Å². The molecule has 11 nitrogen and oxygen atoms in total. The van der Waals surface area contributed by atoms with Crippen LogP contribution in [0.3, 0.4) is 0 Å². The lowest BCUT2D eigenvalue weighted by Crippen LogP contribution is -2.55. The van der Waals surface area contributed by atoms with E-state index in [2.05, 4.69) is 57.3 Å². The molecule has 3 aromatic heterocycles. The van der Waals surface area contributed by atoms with Gasteiger partial charge in [0.05, 0.1) is 18.8 Å². The van der Waals surface area contributed by atoms with Crippen LogP contribution in [0, 0.1) is 5.92 Å². The summed E-state index contributed by atoms with van der Waals surface area (Å²) in [7, 11) is 0. The van der Waals surface area contributed by atoms with E-state index in [0.717, 1.165) is 61.2 Å². The number of hydrogen-bond acceptors (Lipinski definition) is 10. The number of nitrogens with zero attached hydrogens (tertiary/aromatic N) is 8. The number of ether oxygens (including phenoxy) is 1. The maximum absolute atomic E-state index is 5.72. The van der Waals surface area contributed by atoms with Gasteiger partial charge in [0, 0.05) is 57.2 Å². The zero-order chi connectivity index (χ0) is 23.8. The van der Waals surface area contributed by atoms with Crippen molar-refractivity contribution >= 4 is 28.9 Å². The monoisotopic (exact) mass is 466 g/mol. The summed E-state index contributed by atoms with van der Waals surface area (Å²) < 4.78 is 7.87. The average Bonchev–Trinajstić information content (AvgIpc) is 3.18. The standard InChI is InChI=1S/C23H34N10O/c1-14(2)12-33-21-18(28-23(33)32-13-15(3)25-9-16(32)4)20(31-5-7-34-8-6-31)29-19(30-21)17-10-26-22(24)27-11-17/h10-11,14-16,25H,5-9,12-13H2,1-4H3,(H2,24,26,27)/t15-,16+/m1/s1. The first-order valence-corrected chi connectivity index (χ1v) is 12.1. The molecule has 0 bridgehead atoms. The summed E-state index contributed by atoms with van der Waals surface area (Å²) in [4.78, 5) is 28.2. The predicted molar refractivity (Wildman–Crippen MR) is 133 cm³/mol. The number of imidazole rings is 1. The Morgan fingerprint density at radius 2 is 1.85 bits per heavy atom. The molecule has 0 amide bonds. The summed E-state index contributed by atoms with van der Waals surface area (Å²) in [5.74, 6) is 3.02. The molecule has 5 rings (SSSR count). The molecule has 3 N–H and O–H groups in total. The van der Waals surface area contributed by atoms with E-state index in [1.165, 1.54) is 0 Å². The molecule has 182 valence electrons. The number of piperazine rings is 1. The predicted octanol–water partition coefficient (Wildman–Crippen LogP) is 1.54. The highest BCUT2D eigenvalue weighted by Gasteiger charge is 2.30. The third-order valence-corrected chi connectivity index (χ3v) is 6.37. The van der Waals surface area contributed by atoms with Crippen molar-refractivity contribution in [2.45, 2.75) is 46.3 Å². The number of nitrogens with two attached hydrogens (primary N) is 1. The zero-order valence-electron chi connectivity index (χ0n) is 20.4. The highest BCUT2D eigenvalue weighted by Crippen LogP contribution is 2.33. The van der Waals surface area contributed by atoms with E-state index in [0.29, 0.717) is 37.0 Å². The first kappa shape index (κ1) is 22.7. The maximum atomic E-state index is 5.72. The van der Waals surface area contributed by atoms with Crippen LogP contribution < -0.4 is 20.9 Å². The third kappa shape index (κ3) is 4.37. The van der Waals surface area contributed by atoms with Gasteiger partial charge in [-0.25, -0.2) is 24.9 Å². The van der Waals surface area contributed by atoms with Crippen LogP contribution >= 0.6 is 0 Å². The number of morpholine rings is 1. The second-order valence-electron chi connectivity index (χ2n) is 9.70. The molecule has 3 aromatic rings. The van der Waals surface area contributed by atoms with Crippen molar-refractivity contribution in [2.75, 3.05) is 54.9 Å². The normalized spacial score (nSPS) is 21.6. The van der Waals surface area contributed by atoms with Gasteiger partial charge in [0.1, 0.15) is 0 Å². The lowest BCUT2D eigenvalue weighted by Gasteiger charge is -2.38. The number of nitrogens with one attached hydrogen (secondary N) is 1. The van der Waals surface area contributed by atoms with Gasteiger partial charge in [-0.3, -0.25) is 4.57 Å². The number of aromatic nitrogens is 6. The molecular weight excluding hydrogens is 432 g/mol. The van der Waals surface area contributed by atoms with Crippen LogP contribution in [-0.4, -0.2) is 81.0 Å². The fourth-order valence-electron chi connectivity index (χ4n) is 4.61. The molecule has 0 spiro atoms. The zero-order valence-corrected chi connectivity index (χ0v) is 20.4. The van der Waals surface area contributed by atoms with Gasteiger partial charge >= 0.3 is 0 Å². The van der Waals surface area contributed by atoms with Gasteiger partial charge in [0.2, 0.25) is 11.9 Å². The number of anilines is 3. The van der Waals surface area contributed by atoms with Gasteiger partial charge in [-0.2, -0.15) is 0 Å². The molecule has 2 aliphatic rings. The Bertz CT molecular complexity index is 1140. The number of hydrogen-bond donors (Lipinski definition) is 2. The molecular formula is C23H34N10O. The lowest BCUT2D eigenvalue weighted by molar-refractivity contribution is 0.122. The van der Waals surface area contributed by atoms with Gasteiger partial charge in [-0.1, -0.05) is 13.8 Å². The Kier molecular flexibility index (Phi) is 6.22. The minimum Gasteiger partial charge on any atom is -0.378 e. The van der Waals surface area contributed by atoms with E-state index < -0.39 is 0 Å². The smallest absolute Gasteiger partial charge is 0.219 e. The highest BCUT2D eigenvalue weighted by atomic mass is 16.5. The summed E-state index contributed by atoms with van der Waals surface area (Å²) in [5.41, 5.74) is 8.12. The van der Waals surface area contributed by atoms with Crippen molar-refractivity contribution in [1.29, 1.82) is 0 Å². The molecule has 0 radical (unpaired) electrons. The minimum atomic E-state index is 0.229. The topological polar surface area (TPSA) is 123 Å². The fraction of sp³-hybridized carbons (Fsp3) is 0.609. The molecule has 5 heterocycles. The Morgan fingerprint density at radius 1 is 1.12 bits per heavy atom. The van der Waals surface area contributed by atoms with E-state index in [1.54, 1.807) is 12.4 Å². The molecule has 2 fully saturated rings. The van der Waals surface area contributed by atoms with E-state index in [-0.39, 0.29) is 5.95 Å². The van der Waals surface area contributed by atoms with Crippen molar-refractivity contribution in [3.63, 3.8) is 0 Å². The van der Waals surface area contributed by atoms with Gasteiger partial charge in [-0.15, -0.1) is 0 Å². The van der Waals surface area contributed by atoms with E-state index in [4.69, 9.17) is 25.4 Å². The van der Waals surface area contributed by atoms with Crippen molar-refractivity contribution in [3.8, 4) is 11.4 Å². The first-order valence-electron chi connectivity index (χ1n) is 12.1. The third-order valence-electron chi connectivity index (χ3n) is 6.37. The van der Waals surface area contributed by atoms with E-state index in [1.807, 2.05) is 0 Å². The Labute approximate surface area is 199 Å². The molecule has 2 saturated heterocycles. The van der Waals surface area contributed by atoms with E-state index >= 15 is 0 Å². The van der Waals surface area contributed by atoms with Crippen LogP contribution in [0.4, 0.5) is 17.7 Å². The molecule has 0 aliphatic carbocycles. The largest absolute Gasteiger partial charge is 0.378 e. The van der Waals surface area contributed by atoms with Gasteiger partial charge in [0.15, 0.2) is 22.8 Å². The quantitative estimate of drug-likeness (QED) is 0.572. The lowest BCUT2D eigenvalue weighted by atomic mass is 10.1. The molecule has 0 aromatic carbocycles. The summed E-state index contributed by atoms with van der Waals surface area (Å²) >= 11 is 0. The van der Waals surface area contributed by atoms with Gasteiger partial charge in [0.25, 0.3) is 0 Å². The molecule has 2 atom stereocenters. The second kappa shape index (κ2) is 9.30. The SMILES string of the molecule is CC(C)Cn1c(N2C[C@@H](C)NC[C@@H]2C)nc2c(N3CCOCC3)nc(-c3cnc(N)nc3)nc21. The fourth-order valence-corrected chi connectivity index (χ4v) is 4.61. The van der Waals surface area contributed by atoms with Crippen LogP contribution in [-0.2, 0) is 11.3 Å². The minimum absolute atomic E-state index is 0.229. The molecule has 0 saturated carbocycles. The number of rotatable bonds is 5. The van der Waals surface area contributed by atoms with Crippen molar-refractivity contribution in [2.24, 2.45) is 5.92 Å². The van der Waals surface area contributed by atoms with Crippen molar-refractivity contribution < 1.29 is 4.74 Å². The first-order chi connectivity index (χ1) is 16.4. The molecule has 0 unspecified atom stereocenters. The van der Waals surface area contributed by atoms with Crippen molar-refractivity contribution in [3.05, 3.63) is 12.4 Å². The average molecular weight is 467 g/mol. The summed E-state index contributed by atoms with van der Waals surface area (Å²) in [6, 6.07) is 0.708. The van der Waals surface area contributed by atoms with Crippen LogP contribution in [0.5, 0.6) is 0 Å². The van der Waals surface area contributed by atoms with Crippen LogP contribution in [0.2, 0.25) is 0 Å². The van der Waals surface area contributed by atoms with Crippen LogP contribution in [0.25, 0.3) is 22.6 Å². The van der Waals surface area contributed by atoms with E-state index in [9.17, 15) is 0 Å².